The Morgan fingerprint density at radius 1 is 1.25 bits per heavy atom. The molecule has 28 heavy (non-hydrogen) atoms. The average molecular weight is 417 g/mol. The van der Waals surface area contributed by atoms with Gasteiger partial charge in [0.1, 0.15) is 9.83 Å². The Morgan fingerprint density at radius 2 is 2.07 bits per heavy atom. The molecule has 0 spiro atoms. The predicted molar refractivity (Wildman–Crippen MR) is 111 cm³/mol. The lowest BCUT2D eigenvalue weighted by Gasteiger charge is -2.07. The smallest absolute Gasteiger partial charge is 0.262 e. The van der Waals surface area contributed by atoms with E-state index in [2.05, 4.69) is 10.3 Å². The minimum atomic E-state index is -0.502. The summed E-state index contributed by atoms with van der Waals surface area (Å²) in [5.74, 6) is -0.755. The van der Waals surface area contributed by atoms with Crippen molar-refractivity contribution in [1.29, 1.82) is 0 Å². The normalized spacial score (nSPS) is 13.9. The fourth-order valence-electron chi connectivity index (χ4n) is 3.56. The van der Waals surface area contributed by atoms with Gasteiger partial charge in [0.2, 0.25) is 5.91 Å². The van der Waals surface area contributed by atoms with Crippen molar-refractivity contribution in [3.8, 4) is 0 Å². The van der Waals surface area contributed by atoms with Gasteiger partial charge in [-0.25, -0.2) is 4.98 Å². The molecule has 2 amide bonds. The van der Waals surface area contributed by atoms with E-state index >= 15 is 0 Å². The minimum Gasteiger partial charge on any atom is -0.365 e. The highest BCUT2D eigenvalue weighted by Crippen LogP contribution is 2.37. The Balaban J connectivity index is 1.50. The predicted octanol–water partition coefficient (Wildman–Crippen LogP) is 2.92. The highest BCUT2D eigenvalue weighted by atomic mass is 32.1. The summed E-state index contributed by atoms with van der Waals surface area (Å²) in [6, 6.07) is 1.74. The van der Waals surface area contributed by atoms with Crippen molar-refractivity contribution >= 4 is 49.7 Å². The largest absolute Gasteiger partial charge is 0.365 e. The molecule has 0 aromatic carbocycles. The molecule has 3 aromatic heterocycles. The summed E-state index contributed by atoms with van der Waals surface area (Å²) in [5.41, 5.74) is 6.89. The molecular formula is C19H20N4O3S2. The fourth-order valence-corrected chi connectivity index (χ4v) is 5.59. The molecule has 4 rings (SSSR count). The number of rotatable bonds is 5. The Morgan fingerprint density at radius 3 is 2.89 bits per heavy atom. The van der Waals surface area contributed by atoms with Crippen molar-refractivity contribution < 1.29 is 9.59 Å². The summed E-state index contributed by atoms with van der Waals surface area (Å²) in [7, 11) is 0. The number of hydrogen-bond donors (Lipinski definition) is 2. The molecule has 0 atom stereocenters. The molecule has 7 nitrogen and oxygen atoms in total. The molecule has 0 fully saturated rings. The molecule has 0 saturated carbocycles. The standard InChI is InChI=1S/C19H20N4O3S2/c20-16(25)15-11-4-2-1-3-5-13(11)28-18(15)22-14(24)6-8-23-10-21-17-12(19(23)26)7-9-27-17/h7,9-10H,1-6,8H2,(H2,20,25)(H,22,24). The van der Waals surface area contributed by atoms with Gasteiger partial charge in [-0.1, -0.05) is 6.42 Å². The minimum absolute atomic E-state index is 0.109. The van der Waals surface area contributed by atoms with Crippen molar-refractivity contribution in [3.05, 3.63) is 44.1 Å². The number of hydrogen-bond acceptors (Lipinski definition) is 6. The van der Waals surface area contributed by atoms with Crippen molar-refractivity contribution in [2.75, 3.05) is 5.32 Å². The van der Waals surface area contributed by atoms with Crippen LogP contribution in [-0.2, 0) is 24.2 Å². The molecule has 0 bridgehead atoms. The van der Waals surface area contributed by atoms with Crippen LogP contribution in [0.3, 0.4) is 0 Å². The van der Waals surface area contributed by atoms with Gasteiger partial charge in [0.05, 0.1) is 17.3 Å². The molecule has 146 valence electrons. The number of amides is 2. The zero-order valence-electron chi connectivity index (χ0n) is 15.2. The molecular weight excluding hydrogens is 396 g/mol. The van der Waals surface area contributed by atoms with E-state index in [-0.39, 0.29) is 24.4 Å². The quantitative estimate of drug-likeness (QED) is 0.624. The van der Waals surface area contributed by atoms with Gasteiger partial charge in [0.25, 0.3) is 11.5 Å². The van der Waals surface area contributed by atoms with Gasteiger partial charge >= 0.3 is 0 Å². The van der Waals surface area contributed by atoms with Crippen LogP contribution < -0.4 is 16.6 Å². The second kappa shape index (κ2) is 7.84. The van der Waals surface area contributed by atoms with Crippen LogP contribution >= 0.6 is 22.7 Å². The van der Waals surface area contributed by atoms with E-state index in [1.165, 1.54) is 33.6 Å². The van der Waals surface area contributed by atoms with Gasteiger partial charge in [-0.3, -0.25) is 19.0 Å². The maximum atomic E-state index is 12.5. The highest BCUT2D eigenvalue weighted by Gasteiger charge is 2.24. The van der Waals surface area contributed by atoms with Crippen LogP contribution in [0.4, 0.5) is 5.00 Å². The van der Waals surface area contributed by atoms with E-state index in [0.29, 0.717) is 20.8 Å². The van der Waals surface area contributed by atoms with Crippen LogP contribution in [0.1, 0.15) is 46.5 Å². The maximum Gasteiger partial charge on any atom is 0.262 e. The Kier molecular flexibility index (Phi) is 5.27. The lowest BCUT2D eigenvalue weighted by atomic mass is 10.1. The van der Waals surface area contributed by atoms with Gasteiger partial charge < -0.3 is 11.1 Å². The van der Waals surface area contributed by atoms with Crippen LogP contribution in [0.15, 0.2) is 22.6 Å². The maximum absolute atomic E-state index is 12.5. The monoisotopic (exact) mass is 416 g/mol. The second-order valence-corrected chi connectivity index (χ2v) is 8.81. The third kappa shape index (κ3) is 3.59. The van der Waals surface area contributed by atoms with Crippen molar-refractivity contribution in [2.45, 2.75) is 45.1 Å². The molecule has 3 N–H and O–H groups in total. The number of anilines is 1. The van der Waals surface area contributed by atoms with E-state index < -0.39 is 5.91 Å². The lowest BCUT2D eigenvalue weighted by Crippen LogP contribution is -2.23. The van der Waals surface area contributed by atoms with E-state index in [1.807, 2.05) is 5.38 Å². The second-order valence-electron chi connectivity index (χ2n) is 6.81. The Bertz CT molecular complexity index is 1110. The van der Waals surface area contributed by atoms with Crippen LogP contribution in [0.2, 0.25) is 0 Å². The number of thiophene rings is 2. The van der Waals surface area contributed by atoms with Crippen molar-refractivity contribution in [2.24, 2.45) is 5.73 Å². The number of carbonyl (C=O) groups excluding carboxylic acids is 2. The first-order chi connectivity index (χ1) is 13.5. The third-order valence-corrected chi connectivity index (χ3v) is 6.98. The molecule has 0 aliphatic heterocycles. The van der Waals surface area contributed by atoms with Gasteiger partial charge in [-0.2, -0.15) is 0 Å². The van der Waals surface area contributed by atoms with Crippen LogP contribution in [-0.4, -0.2) is 21.4 Å². The average Bonchev–Trinajstić information content (AvgIpc) is 3.20. The number of nitrogens with two attached hydrogens (primary N) is 1. The van der Waals surface area contributed by atoms with Gasteiger partial charge in [0, 0.05) is 17.8 Å². The Labute approximate surface area is 169 Å². The molecule has 0 unspecified atom stereocenters. The van der Waals surface area contributed by atoms with E-state index in [9.17, 15) is 14.4 Å². The summed E-state index contributed by atoms with van der Waals surface area (Å²) in [4.78, 5) is 43.0. The van der Waals surface area contributed by atoms with Crippen LogP contribution in [0.5, 0.6) is 0 Å². The summed E-state index contributed by atoms with van der Waals surface area (Å²) >= 11 is 2.86. The molecule has 1 aliphatic carbocycles. The first-order valence-corrected chi connectivity index (χ1v) is 10.9. The SMILES string of the molecule is NC(=O)c1c(NC(=O)CCn2cnc3sccc3c2=O)sc2c1CCCCC2. The van der Waals surface area contributed by atoms with Gasteiger partial charge in [-0.15, -0.1) is 22.7 Å². The van der Waals surface area contributed by atoms with Gasteiger partial charge in [0.15, 0.2) is 0 Å². The van der Waals surface area contributed by atoms with Crippen LogP contribution in [0, 0.1) is 0 Å². The number of nitrogens with one attached hydrogen (secondary N) is 1. The molecule has 9 heteroatoms. The summed E-state index contributed by atoms with van der Waals surface area (Å²) in [6.45, 7) is 0.223. The molecule has 0 saturated heterocycles. The topological polar surface area (TPSA) is 107 Å². The van der Waals surface area contributed by atoms with Gasteiger partial charge in [-0.05, 0) is 42.7 Å². The zero-order valence-corrected chi connectivity index (χ0v) is 16.8. The van der Waals surface area contributed by atoms with E-state index in [0.717, 1.165) is 42.5 Å². The number of nitrogens with zero attached hydrogens (tertiary/aromatic N) is 2. The molecule has 1 aliphatic rings. The first-order valence-electron chi connectivity index (χ1n) is 9.21. The zero-order chi connectivity index (χ0) is 19.7. The molecule has 0 radical (unpaired) electrons. The number of aromatic nitrogens is 2. The molecule has 3 aromatic rings. The Hall–Kier alpha value is -2.52. The van der Waals surface area contributed by atoms with E-state index in [4.69, 9.17) is 5.73 Å². The lowest BCUT2D eigenvalue weighted by molar-refractivity contribution is -0.116. The number of aryl methyl sites for hydroxylation is 2. The number of fused-ring (bicyclic) bond motifs is 2. The van der Waals surface area contributed by atoms with Crippen LogP contribution in [0.25, 0.3) is 10.2 Å². The number of carbonyl (C=O) groups is 2. The third-order valence-electron chi connectivity index (χ3n) is 4.95. The fraction of sp³-hybridized carbons (Fsp3) is 0.368. The van der Waals surface area contributed by atoms with E-state index in [1.54, 1.807) is 6.07 Å². The summed E-state index contributed by atoms with van der Waals surface area (Å²) < 4.78 is 1.44. The highest BCUT2D eigenvalue weighted by molar-refractivity contribution is 7.17. The number of primary amides is 1. The van der Waals surface area contributed by atoms with Crippen molar-refractivity contribution in [3.63, 3.8) is 0 Å². The first kappa shape index (κ1) is 18.8. The summed E-state index contributed by atoms with van der Waals surface area (Å²) in [5, 5.41) is 5.75. The van der Waals surface area contributed by atoms with Crippen molar-refractivity contribution in [1.82, 2.24) is 9.55 Å². The summed E-state index contributed by atoms with van der Waals surface area (Å²) in [6.07, 6.45) is 6.56. The molecule has 3 heterocycles.